The van der Waals surface area contributed by atoms with E-state index in [0.717, 1.165) is 43.4 Å². The molecule has 2 rings (SSSR count). The Morgan fingerprint density at radius 2 is 1.64 bits per heavy atom. The van der Waals surface area contributed by atoms with Gasteiger partial charge in [0.2, 0.25) is 0 Å². The molecular formula is C19H17F3. The van der Waals surface area contributed by atoms with Gasteiger partial charge < -0.3 is 0 Å². The average molecular weight is 302 g/mol. The van der Waals surface area contributed by atoms with E-state index in [1.165, 1.54) is 12.1 Å². The summed E-state index contributed by atoms with van der Waals surface area (Å²) in [7, 11) is 0. The number of hydrogen-bond acceptors (Lipinski definition) is 0. The number of unbranched alkanes of at least 4 members (excludes halogenated alkanes) is 2. The largest absolute Gasteiger partial charge is 0.206 e. The highest BCUT2D eigenvalue weighted by Gasteiger charge is 2.03. The summed E-state index contributed by atoms with van der Waals surface area (Å²) in [5, 5.41) is 0. The summed E-state index contributed by atoms with van der Waals surface area (Å²) >= 11 is 0. The summed E-state index contributed by atoms with van der Waals surface area (Å²) in [5.41, 5.74) is 1.51. The van der Waals surface area contributed by atoms with Crippen LogP contribution in [0.4, 0.5) is 13.2 Å². The van der Waals surface area contributed by atoms with Gasteiger partial charge in [0, 0.05) is 5.56 Å². The van der Waals surface area contributed by atoms with Gasteiger partial charge in [-0.15, -0.1) is 0 Å². The average Bonchev–Trinajstić information content (AvgIpc) is 2.50. The van der Waals surface area contributed by atoms with Gasteiger partial charge in [-0.25, -0.2) is 13.2 Å². The van der Waals surface area contributed by atoms with Crippen LogP contribution in [0, 0.1) is 29.3 Å². The molecule has 114 valence electrons. The first-order valence-corrected chi connectivity index (χ1v) is 7.35. The molecule has 0 bridgehead atoms. The Kier molecular flexibility index (Phi) is 5.66. The highest BCUT2D eigenvalue weighted by molar-refractivity contribution is 5.44. The van der Waals surface area contributed by atoms with Crippen LogP contribution >= 0.6 is 0 Å². The minimum Gasteiger partial charge on any atom is -0.206 e. The number of aryl methyl sites for hydroxylation is 1. The van der Waals surface area contributed by atoms with Gasteiger partial charge in [0.1, 0.15) is 5.82 Å². The van der Waals surface area contributed by atoms with Crippen LogP contribution in [0.5, 0.6) is 0 Å². The van der Waals surface area contributed by atoms with Gasteiger partial charge in [-0.3, -0.25) is 0 Å². The van der Waals surface area contributed by atoms with Crippen LogP contribution in [0.1, 0.15) is 42.9 Å². The lowest BCUT2D eigenvalue weighted by atomic mass is 10.0. The monoisotopic (exact) mass is 302 g/mol. The van der Waals surface area contributed by atoms with Gasteiger partial charge in [0.05, 0.1) is 5.56 Å². The normalized spacial score (nSPS) is 10.2. The van der Waals surface area contributed by atoms with Crippen LogP contribution in [0.15, 0.2) is 36.4 Å². The smallest absolute Gasteiger partial charge is 0.160 e. The maximum atomic E-state index is 14.0. The van der Waals surface area contributed by atoms with Crippen molar-refractivity contribution in [1.29, 1.82) is 0 Å². The zero-order chi connectivity index (χ0) is 15.9. The molecule has 0 nitrogen and oxygen atoms in total. The van der Waals surface area contributed by atoms with Crippen LogP contribution < -0.4 is 0 Å². The lowest BCUT2D eigenvalue weighted by Gasteiger charge is -2.02. The third-order valence-corrected chi connectivity index (χ3v) is 3.36. The summed E-state index contributed by atoms with van der Waals surface area (Å²) < 4.78 is 39.9. The van der Waals surface area contributed by atoms with E-state index in [2.05, 4.69) is 18.8 Å². The topological polar surface area (TPSA) is 0 Å². The second-order valence-electron chi connectivity index (χ2n) is 5.15. The molecule has 0 aromatic heterocycles. The Balaban J connectivity index is 2.13. The van der Waals surface area contributed by atoms with E-state index < -0.39 is 11.6 Å². The van der Waals surface area contributed by atoms with E-state index in [9.17, 15) is 13.2 Å². The van der Waals surface area contributed by atoms with E-state index in [4.69, 9.17) is 0 Å². The van der Waals surface area contributed by atoms with E-state index >= 15 is 0 Å². The first-order valence-electron chi connectivity index (χ1n) is 7.35. The molecule has 0 radical (unpaired) electrons. The summed E-state index contributed by atoms with van der Waals surface area (Å²) in [4.78, 5) is 0. The van der Waals surface area contributed by atoms with Crippen molar-refractivity contribution in [1.82, 2.24) is 0 Å². The molecule has 3 heteroatoms. The van der Waals surface area contributed by atoms with Crippen LogP contribution in [-0.4, -0.2) is 0 Å². The van der Waals surface area contributed by atoms with Crippen LogP contribution in [0.3, 0.4) is 0 Å². The van der Waals surface area contributed by atoms with Crippen molar-refractivity contribution in [2.24, 2.45) is 0 Å². The fraction of sp³-hybridized carbons (Fsp3) is 0.263. The molecule has 0 unspecified atom stereocenters. The minimum atomic E-state index is -0.960. The fourth-order valence-electron chi connectivity index (χ4n) is 2.11. The van der Waals surface area contributed by atoms with Crippen molar-refractivity contribution < 1.29 is 13.2 Å². The molecule has 0 atom stereocenters. The van der Waals surface area contributed by atoms with Gasteiger partial charge >= 0.3 is 0 Å². The molecule has 0 heterocycles. The third kappa shape index (κ3) is 4.39. The number of hydrogen-bond donors (Lipinski definition) is 0. The maximum Gasteiger partial charge on any atom is 0.160 e. The first kappa shape index (κ1) is 16.2. The highest BCUT2D eigenvalue weighted by Crippen LogP contribution is 2.13. The van der Waals surface area contributed by atoms with Crippen molar-refractivity contribution in [3.63, 3.8) is 0 Å². The summed E-state index contributed by atoms with van der Waals surface area (Å²) in [6.07, 6.45) is 4.14. The van der Waals surface area contributed by atoms with Gasteiger partial charge in [0.25, 0.3) is 0 Å². The van der Waals surface area contributed by atoms with Crippen molar-refractivity contribution in [2.45, 2.75) is 32.6 Å². The SMILES string of the molecule is CCCCCc1ccc(C#Cc2ccc(F)c(F)c2)c(F)c1. The first-order chi connectivity index (χ1) is 10.6. The van der Waals surface area contributed by atoms with Gasteiger partial charge in [0.15, 0.2) is 11.6 Å². The molecule has 0 N–H and O–H groups in total. The zero-order valence-corrected chi connectivity index (χ0v) is 12.4. The molecule has 22 heavy (non-hydrogen) atoms. The molecule has 0 amide bonds. The van der Waals surface area contributed by atoms with Crippen LogP contribution in [-0.2, 0) is 6.42 Å². The second-order valence-corrected chi connectivity index (χ2v) is 5.15. The molecule has 0 spiro atoms. The standard InChI is InChI=1S/C19H17F3/c1-2-3-4-5-14-6-9-16(18(21)12-14)10-7-15-8-11-17(20)19(22)13-15/h6,8-9,11-13H,2-5H2,1H3. The van der Waals surface area contributed by atoms with Gasteiger partial charge in [-0.05, 0) is 48.7 Å². The number of rotatable bonds is 4. The van der Waals surface area contributed by atoms with E-state index in [1.54, 1.807) is 6.07 Å². The quantitative estimate of drug-likeness (QED) is 0.535. The Morgan fingerprint density at radius 1 is 0.818 bits per heavy atom. The van der Waals surface area contributed by atoms with Crippen LogP contribution in [0.2, 0.25) is 0 Å². The van der Waals surface area contributed by atoms with Crippen molar-refractivity contribution in [3.8, 4) is 11.8 Å². The Morgan fingerprint density at radius 3 is 2.32 bits per heavy atom. The molecule has 0 aliphatic heterocycles. The zero-order valence-electron chi connectivity index (χ0n) is 12.4. The molecule has 2 aromatic rings. The lowest BCUT2D eigenvalue weighted by molar-refractivity contribution is 0.508. The van der Waals surface area contributed by atoms with Crippen molar-refractivity contribution in [2.75, 3.05) is 0 Å². The molecule has 0 fully saturated rings. The Labute approximate surface area is 129 Å². The van der Waals surface area contributed by atoms with E-state index in [1.807, 2.05) is 6.07 Å². The van der Waals surface area contributed by atoms with E-state index in [-0.39, 0.29) is 11.4 Å². The molecule has 0 saturated carbocycles. The summed E-state index contributed by atoms with van der Waals surface area (Å²) in [5.74, 6) is 3.03. The Hall–Kier alpha value is -2.21. The predicted octanol–water partition coefficient (Wildman–Crippen LogP) is 5.24. The molecule has 0 saturated heterocycles. The van der Waals surface area contributed by atoms with Crippen LogP contribution in [0.25, 0.3) is 0 Å². The fourth-order valence-corrected chi connectivity index (χ4v) is 2.11. The molecule has 0 aliphatic rings. The van der Waals surface area contributed by atoms with Gasteiger partial charge in [-0.2, -0.15) is 0 Å². The predicted molar refractivity (Wildman–Crippen MR) is 82.0 cm³/mol. The molecule has 0 aliphatic carbocycles. The Bertz CT molecular complexity index is 708. The summed E-state index contributed by atoms with van der Waals surface area (Å²) in [6.45, 7) is 2.12. The second kappa shape index (κ2) is 7.70. The summed E-state index contributed by atoms with van der Waals surface area (Å²) in [6, 6.07) is 8.34. The van der Waals surface area contributed by atoms with E-state index in [0.29, 0.717) is 5.56 Å². The van der Waals surface area contributed by atoms with Crippen molar-refractivity contribution in [3.05, 3.63) is 70.5 Å². The lowest BCUT2D eigenvalue weighted by Crippen LogP contribution is -1.90. The molecule has 2 aromatic carbocycles. The van der Waals surface area contributed by atoms with Gasteiger partial charge in [-0.1, -0.05) is 37.7 Å². The van der Waals surface area contributed by atoms with Crippen molar-refractivity contribution >= 4 is 0 Å². The number of halogens is 3. The maximum absolute atomic E-state index is 14.0. The highest BCUT2D eigenvalue weighted by atomic mass is 19.2. The molecular weight excluding hydrogens is 285 g/mol. The minimum absolute atomic E-state index is 0.254. The third-order valence-electron chi connectivity index (χ3n) is 3.36. The number of benzene rings is 2.